The first-order valence-corrected chi connectivity index (χ1v) is 9.54. The molecule has 2 rings (SSSR count). The fourth-order valence-electron chi connectivity index (χ4n) is 4.35. The number of amides is 1. The minimum absolute atomic E-state index is 0.0450. The van der Waals surface area contributed by atoms with Crippen LogP contribution in [0.15, 0.2) is 0 Å². The molecule has 2 nitrogen and oxygen atoms in total. The maximum atomic E-state index is 12.7. The quantitative estimate of drug-likeness (QED) is 0.705. The molecule has 2 aliphatic rings. The number of hydrogen-bond acceptors (Lipinski definition) is 1. The summed E-state index contributed by atoms with van der Waals surface area (Å²) in [7, 11) is 0. The largest absolute Gasteiger partial charge is 0.355 e. The van der Waals surface area contributed by atoms with E-state index in [1.165, 1.54) is 32.1 Å². The molecule has 0 aromatic carbocycles. The van der Waals surface area contributed by atoms with Gasteiger partial charge in [-0.15, -0.1) is 0 Å². The van der Waals surface area contributed by atoms with Gasteiger partial charge in [0.2, 0.25) is 5.91 Å². The highest BCUT2D eigenvalue weighted by Crippen LogP contribution is 2.43. The third-order valence-corrected chi connectivity index (χ3v) is 6.21. The van der Waals surface area contributed by atoms with Crippen LogP contribution in [-0.2, 0) is 4.79 Å². The summed E-state index contributed by atoms with van der Waals surface area (Å²) in [6.07, 6.45) is 9.66. The van der Waals surface area contributed by atoms with Crippen molar-refractivity contribution in [3.8, 4) is 0 Å². The Morgan fingerprint density at radius 2 is 1.85 bits per heavy atom. The van der Waals surface area contributed by atoms with Crippen LogP contribution in [0, 0.1) is 23.2 Å². The summed E-state index contributed by atoms with van der Waals surface area (Å²) in [5.74, 6) is 2.42. The smallest absolute Gasteiger partial charge is 0.226 e. The van der Waals surface area contributed by atoms with Crippen molar-refractivity contribution < 1.29 is 4.79 Å². The van der Waals surface area contributed by atoms with E-state index in [0.29, 0.717) is 17.7 Å². The van der Waals surface area contributed by atoms with E-state index in [9.17, 15) is 4.79 Å². The van der Waals surface area contributed by atoms with Crippen LogP contribution in [0.5, 0.6) is 0 Å². The summed E-state index contributed by atoms with van der Waals surface area (Å²) in [4.78, 5) is 12.7. The number of rotatable bonds is 6. The predicted molar refractivity (Wildman–Crippen MR) is 88.0 cm³/mol. The minimum atomic E-state index is -0.0450. The Balaban J connectivity index is 1.89. The van der Waals surface area contributed by atoms with Gasteiger partial charge in [-0.05, 0) is 49.9 Å². The van der Waals surface area contributed by atoms with Crippen LogP contribution >= 0.6 is 15.9 Å². The Bertz CT molecular complexity index is 323. The highest BCUT2D eigenvalue weighted by molar-refractivity contribution is 9.09. The molecule has 0 saturated heterocycles. The van der Waals surface area contributed by atoms with Gasteiger partial charge >= 0.3 is 0 Å². The van der Waals surface area contributed by atoms with Gasteiger partial charge in [0.1, 0.15) is 0 Å². The van der Waals surface area contributed by atoms with E-state index in [4.69, 9.17) is 0 Å². The lowest BCUT2D eigenvalue weighted by molar-refractivity contribution is -0.132. The van der Waals surface area contributed by atoms with Crippen LogP contribution in [-0.4, -0.2) is 17.8 Å². The van der Waals surface area contributed by atoms with Crippen LogP contribution in [0.25, 0.3) is 0 Å². The van der Waals surface area contributed by atoms with E-state index in [2.05, 4.69) is 35.1 Å². The topological polar surface area (TPSA) is 29.1 Å². The molecule has 1 N–H and O–H groups in total. The van der Waals surface area contributed by atoms with Gasteiger partial charge in [-0.3, -0.25) is 4.79 Å². The average molecular weight is 344 g/mol. The van der Waals surface area contributed by atoms with E-state index < -0.39 is 0 Å². The molecule has 0 aliphatic heterocycles. The average Bonchev–Trinajstić information content (AvgIpc) is 3.04. The summed E-state index contributed by atoms with van der Waals surface area (Å²) in [5, 5.41) is 4.41. The molecule has 2 fully saturated rings. The monoisotopic (exact) mass is 343 g/mol. The van der Waals surface area contributed by atoms with Gasteiger partial charge < -0.3 is 5.32 Å². The van der Waals surface area contributed by atoms with Crippen molar-refractivity contribution in [1.82, 2.24) is 5.32 Å². The highest BCUT2D eigenvalue weighted by Gasteiger charge is 2.41. The van der Waals surface area contributed by atoms with E-state index in [1.807, 2.05) is 0 Å². The second-order valence-electron chi connectivity index (χ2n) is 7.40. The molecular formula is C17H30BrNO. The Kier molecular flexibility index (Phi) is 5.95. The molecule has 0 aromatic rings. The third kappa shape index (κ3) is 3.78. The zero-order chi connectivity index (χ0) is 14.6. The molecule has 0 radical (unpaired) electrons. The van der Waals surface area contributed by atoms with Crippen molar-refractivity contribution in [1.29, 1.82) is 0 Å². The number of nitrogens with one attached hydrogen (secondary N) is 1. The lowest BCUT2D eigenvalue weighted by atomic mass is 9.77. The molecule has 0 aromatic heterocycles. The first-order valence-electron chi connectivity index (χ1n) is 8.41. The Morgan fingerprint density at radius 3 is 2.45 bits per heavy atom. The molecule has 0 bridgehead atoms. The third-order valence-electron chi connectivity index (χ3n) is 5.38. The Hall–Kier alpha value is -0.0500. The summed E-state index contributed by atoms with van der Waals surface area (Å²) in [6, 6.07) is 0. The van der Waals surface area contributed by atoms with Crippen molar-refractivity contribution in [3.05, 3.63) is 0 Å². The van der Waals surface area contributed by atoms with E-state index in [1.54, 1.807) is 0 Å². The summed E-state index contributed by atoms with van der Waals surface area (Å²) >= 11 is 3.62. The lowest BCUT2D eigenvalue weighted by Crippen LogP contribution is -2.42. The van der Waals surface area contributed by atoms with Crippen molar-refractivity contribution in [2.24, 2.45) is 23.2 Å². The molecule has 1 amide bonds. The zero-order valence-electron chi connectivity index (χ0n) is 13.1. The minimum Gasteiger partial charge on any atom is -0.355 e. The first kappa shape index (κ1) is 16.3. The van der Waals surface area contributed by atoms with Gasteiger partial charge in [0, 0.05) is 17.3 Å². The molecule has 116 valence electrons. The van der Waals surface area contributed by atoms with Crippen LogP contribution in [0.4, 0.5) is 0 Å². The second-order valence-corrected chi connectivity index (χ2v) is 8.05. The van der Waals surface area contributed by atoms with Crippen molar-refractivity contribution in [2.45, 2.75) is 65.2 Å². The van der Waals surface area contributed by atoms with Gasteiger partial charge in [0.25, 0.3) is 0 Å². The molecule has 3 heteroatoms. The second kappa shape index (κ2) is 7.29. The maximum absolute atomic E-state index is 12.7. The first-order chi connectivity index (χ1) is 9.57. The highest BCUT2D eigenvalue weighted by atomic mass is 79.9. The summed E-state index contributed by atoms with van der Waals surface area (Å²) in [5.41, 5.74) is -0.0450. The van der Waals surface area contributed by atoms with Gasteiger partial charge in [-0.25, -0.2) is 0 Å². The van der Waals surface area contributed by atoms with E-state index >= 15 is 0 Å². The number of halogens is 1. The zero-order valence-corrected chi connectivity index (χ0v) is 14.7. The van der Waals surface area contributed by atoms with Crippen molar-refractivity contribution in [2.75, 3.05) is 11.9 Å². The Labute approximate surface area is 132 Å². The normalized spacial score (nSPS) is 29.0. The van der Waals surface area contributed by atoms with Crippen LogP contribution in [0.3, 0.4) is 0 Å². The van der Waals surface area contributed by atoms with Crippen molar-refractivity contribution >= 4 is 21.8 Å². The molecule has 2 unspecified atom stereocenters. The molecule has 2 atom stereocenters. The molecule has 2 saturated carbocycles. The van der Waals surface area contributed by atoms with Gasteiger partial charge in [-0.2, -0.15) is 0 Å². The molecular weight excluding hydrogens is 314 g/mol. The van der Waals surface area contributed by atoms with Crippen LogP contribution < -0.4 is 5.32 Å². The number of carbonyl (C=O) groups is 1. The summed E-state index contributed by atoms with van der Waals surface area (Å²) < 4.78 is 0. The molecule has 0 spiro atoms. The number of alkyl halides is 1. The van der Waals surface area contributed by atoms with Gasteiger partial charge in [0.15, 0.2) is 0 Å². The standard InChI is InChI=1S/C17H30BrNO/c1-13(2)10-17(8-3-4-9-17)16(20)19-12-15-7-5-6-14(15)11-18/h13-15H,3-12H2,1-2H3,(H,19,20). The molecule has 20 heavy (non-hydrogen) atoms. The SMILES string of the molecule is CC(C)CC1(C(=O)NCC2CCCC2CBr)CCCC1. The van der Waals surface area contributed by atoms with Gasteiger partial charge in [-0.1, -0.05) is 49.0 Å². The molecule has 2 aliphatic carbocycles. The fraction of sp³-hybridized carbons (Fsp3) is 0.941. The summed E-state index contributed by atoms with van der Waals surface area (Å²) in [6.45, 7) is 5.38. The maximum Gasteiger partial charge on any atom is 0.226 e. The van der Waals surface area contributed by atoms with Crippen molar-refractivity contribution in [3.63, 3.8) is 0 Å². The molecule has 0 heterocycles. The predicted octanol–water partition coefficient (Wildman–Crippen LogP) is 4.52. The fourth-order valence-corrected chi connectivity index (χ4v) is 5.21. The van der Waals surface area contributed by atoms with Crippen LogP contribution in [0.1, 0.15) is 65.2 Å². The number of carbonyl (C=O) groups excluding carboxylic acids is 1. The van der Waals surface area contributed by atoms with Gasteiger partial charge in [0.05, 0.1) is 0 Å². The van der Waals surface area contributed by atoms with Crippen LogP contribution in [0.2, 0.25) is 0 Å². The lowest BCUT2D eigenvalue weighted by Gasteiger charge is -2.30. The number of hydrogen-bond donors (Lipinski definition) is 1. The Morgan fingerprint density at radius 1 is 1.20 bits per heavy atom. The van der Waals surface area contributed by atoms with E-state index in [0.717, 1.165) is 37.1 Å². The van der Waals surface area contributed by atoms with E-state index in [-0.39, 0.29) is 5.41 Å².